The molecule has 0 saturated carbocycles. The molecule has 1 atom stereocenters. The lowest BCUT2D eigenvalue weighted by Gasteiger charge is -2.05. The fourth-order valence-electron chi connectivity index (χ4n) is 0.842. The van der Waals surface area contributed by atoms with Crippen LogP contribution in [0.1, 0.15) is 38.9 Å². The molecule has 0 aromatic heterocycles. The van der Waals surface area contributed by atoms with Gasteiger partial charge in [0.05, 0.1) is 7.11 Å². The molecule has 0 bridgehead atoms. The minimum absolute atomic E-state index is 0.0291. The lowest BCUT2D eigenvalue weighted by atomic mass is 10.1. The molecular weight excluding hydrogens is 204 g/mol. The van der Waals surface area contributed by atoms with Crippen LogP contribution in [0.5, 0.6) is 0 Å². The first-order valence-electron chi connectivity index (χ1n) is 6.54. The van der Waals surface area contributed by atoms with Crippen molar-refractivity contribution in [3.63, 3.8) is 0 Å². The largest absolute Gasteiger partial charge is 0.469 e. The van der Waals surface area contributed by atoms with E-state index in [0.29, 0.717) is 0 Å². The first kappa shape index (κ1) is 5.91. The van der Waals surface area contributed by atoms with Crippen LogP contribution in [-0.4, -0.2) is 24.1 Å². The number of esters is 1. The van der Waals surface area contributed by atoms with Gasteiger partial charge in [-0.2, -0.15) is 0 Å². The molecule has 1 saturated heterocycles. The highest BCUT2D eigenvalue weighted by Crippen LogP contribution is 2.39. The summed E-state index contributed by atoms with van der Waals surface area (Å²) in [7, 11) is 3.39. The molecule has 13 heavy (non-hydrogen) atoms. The van der Waals surface area contributed by atoms with Crippen LogP contribution in [0.25, 0.3) is 0 Å². The average Bonchev–Trinajstić information content (AvgIpc) is 2.54. The van der Waals surface area contributed by atoms with Gasteiger partial charge in [0.25, 0.3) is 0 Å². The zero-order valence-electron chi connectivity index (χ0n) is 12.5. The van der Waals surface area contributed by atoms with Crippen molar-refractivity contribution in [1.29, 1.82) is 0 Å². The predicted octanol–water partition coefficient (Wildman–Crippen LogP) is 2.87. The van der Waals surface area contributed by atoms with Gasteiger partial charge in [0.1, 0.15) is 0 Å². The molecular formula is C9H16O2S2. The van der Waals surface area contributed by atoms with Gasteiger partial charge >= 0.3 is 5.97 Å². The molecule has 0 aromatic rings. The third-order valence-corrected chi connectivity index (χ3v) is 3.55. The van der Waals surface area contributed by atoms with Crippen molar-refractivity contribution in [3.05, 3.63) is 0 Å². The van der Waals surface area contributed by atoms with Gasteiger partial charge in [-0.05, 0) is 19.2 Å². The quantitative estimate of drug-likeness (QED) is 0.531. The summed E-state index contributed by atoms with van der Waals surface area (Å²) in [5, 5.41) is -1.83. The molecule has 0 amide bonds. The fourth-order valence-corrected chi connectivity index (χ4v) is 2.67. The minimum Gasteiger partial charge on any atom is -0.469 e. The average molecular weight is 225 g/mol. The Hall–Kier alpha value is 0.170. The van der Waals surface area contributed by atoms with Crippen molar-refractivity contribution in [2.75, 3.05) is 12.9 Å². The third-order valence-electron chi connectivity index (χ3n) is 1.50. The maximum absolute atomic E-state index is 11.0. The van der Waals surface area contributed by atoms with Crippen LogP contribution in [-0.2, 0) is 9.53 Å². The fraction of sp³-hybridized carbons (Fsp3) is 0.889. The topological polar surface area (TPSA) is 26.3 Å². The van der Waals surface area contributed by atoms with Crippen molar-refractivity contribution in [2.24, 2.45) is 0 Å². The van der Waals surface area contributed by atoms with Crippen molar-refractivity contribution >= 4 is 27.6 Å². The summed E-state index contributed by atoms with van der Waals surface area (Å²) >= 11 is 0. The molecule has 76 valence electrons. The summed E-state index contributed by atoms with van der Waals surface area (Å²) in [5.41, 5.74) is 0. The number of hydrogen-bond donors (Lipinski definition) is 0. The van der Waals surface area contributed by atoms with Gasteiger partial charge in [0, 0.05) is 24.3 Å². The van der Waals surface area contributed by atoms with Gasteiger partial charge in [0.15, 0.2) is 0 Å². The second-order valence-electron chi connectivity index (χ2n) is 2.46. The molecule has 1 rings (SSSR count). The van der Waals surface area contributed by atoms with Gasteiger partial charge in [0.2, 0.25) is 0 Å². The minimum atomic E-state index is -1.99. The van der Waals surface area contributed by atoms with Crippen LogP contribution in [0.2, 0.25) is 0 Å². The summed E-state index contributed by atoms with van der Waals surface area (Å²) in [4.78, 5) is 11.0. The van der Waals surface area contributed by atoms with E-state index >= 15 is 0 Å². The molecule has 2 nitrogen and oxygen atoms in total. The highest BCUT2D eigenvalue weighted by Gasteiger charge is 2.15. The molecule has 0 spiro atoms. The second kappa shape index (κ2) is 6.60. The summed E-state index contributed by atoms with van der Waals surface area (Å²) in [6.45, 7) is 0. The van der Waals surface area contributed by atoms with Crippen LogP contribution < -0.4 is 0 Å². The van der Waals surface area contributed by atoms with Crippen LogP contribution in [0.15, 0.2) is 0 Å². The molecule has 0 aliphatic carbocycles. The van der Waals surface area contributed by atoms with Gasteiger partial charge in [-0.15, -0.1) is 0 Å². The van der Waals surface area contributed by atoms with E-state index in [1.165, 1.54) is 17.9 Å². The van der Waals surface area contributed by atoms with E-state index in [0.717, 1.165) is 10.8 Å². The van der Waals surface area contributed by atoms with Crippen molar-refractivity contribution < 1.29 is 16.4 Å². The zero-order valence-corrected chi connectivity index (χ0v) is 9.09. The smallest absolute Gasteiger partial charge is 0.305 e. The maximum Gasteiger partial charge on any atom is 0.305 e. The van der Waals surface area contributed by atoms with Crippen molar-refractivity contribution in [3.8, 4) is 0 Å². The Balaban J connectivity index is 2.65. The number of methoxy groups -OCH3 is 1. The number of carbonyl (C=O) groups excluding carboxylic acids is 1. The van der Waals surface area contributed by atoms with E-state index in [9.17, 15) is 4.79 Å². The Morgan fingerprint density at radius 3 is 3.31 bits per heavy atom. The Bertz CT molecular complexity index is 326. The predicted molar refractivity (Wildman–Crippen MR) is 58.9 cm³/mol. The lowest BCUT2D eigenvalue weighted by Crippen LogP contribution is -2.01. The molecule has 1 aliphatic rings. The number of hydrogen-bond acceptors (Lipinski definition) is 4. The van der Waals surface area contributed by atoms with E-state index in [1.807, 2.05) is 0 Å². The van der Waals surface area contributed by atoms with E-state index in [4.69, 9.17) is 6.85 Å². The van der Waals surface area contributed by atoms with Crippen LogP contribution in [0, 0.1) is 0 Å². The standard InChI is InChI=1S/C9H16O2S2/c1-11-9(10)5-3-2-4-8-6-7-12-13-8/h8H,2-7H2,1H3/i4D2,6D2,8D. The normalized spacial score (nSPS) is 38.1. The highest BCUT2D eigenvalue weighted by atomic mass is 33.1. The molecule has 1 fully saturated rings. The van der Waals surface area contributed by atoms with Crippen LogP contribution in [0.4, 0.5) is 0 Å². The monoisotopic (exact) mass is 225 g/mol. The molecule has 0 N–H and O–H groups in total. The Labute approximate surface area is 94.6 Å². The van der Waals surface area contributed by atoms with Gasteiger partial charge in [-0.3, -0.25) is 4.79 Å². The molecule has 4 heteroatoms. The Morgan fingerprint density at radius 1 is 1.85 bits per heavy atom. The van der Waals surface area contributed by atoms with Gasteiger partial charge in [-0.1, -0.05) is 28.0 Å². The number of ether oxygens (including phenoxy) is 1. The number of rotatable bonds is 5. The summed E-state index contributed by atoms with van der Waals surface area (Å²) in [6.07, 6.45) is -3.55. The number of carbonyl (C=O) groups is 1. The van der Waals surface area contributed by atoms with E-state index in [-0.39, 0.29) is 25.0 Å². The van der Waals surface area contributed by atoms with Crippen LogP contribution >= 0.6 is 21.6 Å². The summed E-state index contributed by atoms with van der Waals surface area (Å²) < 4.78 is 43.9. The molecule has 1 unspecified atom stereocenters. The first-order valence-corrected chi connectivity index (χ1v) is 6.36. The second-order valence-corrected chi connectivity index (χ2v) is 4.76. The molecule has 1 heterocycles. The van der Waals surface area contributed by atoms with Gasteiger partial charge in [-0.25, -0.2) is 0 Å². The van der Waals surface area contributed by atoms with Gasteiger partial charge < -0.3 is 4.74 Å². The first-order chi connectivity index (χ1) is 8.16. The maximum atomic E-state index is 11.0. The Morgan fingerprint density at radius 2 is 2.69 bits per heavy atom. The third kappa shape index (κ3) is 4.81. The molecule has 0 radical (unpaired) electrons. The van der Waals surface area contributed by atoms with E-state index in [2.05, 4.69) is 4.74 Å². The Kier molecular flexibility index (Phi) is 3.00. The zero-order chi connectivity index (χ0) is 14.0. The SMILES string of the molecule is [2H]C([2H])(CCCC(=O)OC)C1([2H])SSCC1([2H])[2H]. The molecule has 1 aliphatic heterocycles. The van der Waals surface area contributed by atoms with E-state index in [1.54, 1.807) is 0 Å². The van der Waals surface area contributed by atoms with Crippen LogP contribution in [0.3, 0.4) is 0 Å². The molecule has 0 aromatic carbocycles. The van der Waals surface area contributed by atoms with E-state index < -0.39 is 23.9 Å². The summed E-state index contributed by atoms with van der Waals surface area (Å²) in [5.74, 6) is -0.307. The summed E-state index contributed by atoms with van der Waals surface area (Å²) in [6, 6.07) is 0. The highest BCUT2D eigenvalue weighted by molar-refractivity contribution is 8.77. The van der Waals surface area contributed by atoms with Crippen molar-refractivity contribution in [2.45, 2.75) is 37.2 Å². The lowest BCUT2D eigenvalue weighted by molar-refractivity contribution is -0.140. The van der Waals surface area contributed by atoms with Crippen molar-refractivity contribution in [1.82, 2.24) is 0 Å².